The molecule has 2 N–H and O–H groups in total. The van der Waals surface area contributed by atoms with Crippen LogP contribution in [0.1, 0.15) is 11.3 Å². The third-order valence-electron chi connectivity index (χ3n) is 3.24. The second-order valence-corrected chi connectivity index (χ2v) is 4.66. The third kappa shape index (κ3) is 2.50. The molecule has 0 bridgehead atoms. The van der Waals surface area contributed by atoms with Crippen LogP contribution in [0.3, 0.4) is 0 Å². The Balaban J connectivity index is 1.70. The summed E-state index contributed by atoms with van der Waals surface area (Å²) in [5.41, 5.74) is 7.99. The van der Waals surface area contributed by atoms with Crippen molar-refractivity contribution in [2.24, 2.45) is 7.05 Å². The van der Waals surface area contributed by atoms with Gasteiger partial charge in [-0.2, -0.15) is 5.10 Å². The SMILES string of the molecule is Cn1nc(CCc2ccc3c(c2)OCCO3)cc1N. The Kier molecular flexibility index (Phi) is 3.03. The molecule has 0 radical (unpaired) electrons. The van der Waals surface area contributed by atoms with Crippen molar-refractivity contribution in [1.82, 2.24) is 9.78 Å². The minimum Gasteiger partial charge on any atom is -0.486 e. The van der Waals surface area contributed by atoms with Crippen molar-refractivity contribution in [3.8, 4) is 11.5 Å². The van der Waals surface area contributed by atoms with Gasteiger partial charge in [-0.3, -0.25) is 4.68 Å². The Morgan fingerprint density at radius 2 is 1.95 bits per heavy atom. The summed E-state index contributed by atoms with van der Waals surface area (Å²) in [6, 6.07) is 8.00. The van der Waals surface area contributed by atoms with E-state index >= 15 is 0 Å². The zero-order valence-corrected chi connectivity index (χ0v) is 10.9. The number of fused-ring (bicyclic) bond motifs is 1. The van der Waals surface area contributed by atoms with Gasteiger partial charge in [0.15, 0.2) is 11.5 Å². The number of nitrogens with zero attached hydrogens (tertiary/aromatic N) is 2. The maximum Gasteiger partial charge on any atom is 0.161 e. The maximum atomic E-state index is 5.76. The predicted octanol–water partition coefficient (Wildman–Crippen LogP) is 1.56. The van der Waals surface area contributed by atoms with E-state index in [1.165, 1.54) is 5.56 Å². The fourth-order valence-corrected chi connectivity index (χ4v) is 2.18. The lowest BCUT2D eigenvalue weighted by molar-refractivity contribution is 0.171. The van der Waals surface area contributed by atoms with Gasteiger partial charge in [-0.15, -0.1) is 0 Å². The lowest BCUT2D eigenvalue weighted by atomic mass is 10.1. The van der Waals surface area contributed by atoms with Crippen LogP contribution in [0, 0.1) is 0 Å². The lowest BCUT2D eigenvalue weighted by Gasteiger charge is -2.18. The fourth-order valence-electron chi connectivity index (χ4n) is 2.18. The molecule has 0 fully saturated rings. The first-order valence-corrected chi connectivity index (χ1v) is 6.39. The van der Waals surface area contributed by atoms with Crippen molar-refractivity contribution in [2.45, 2.75) is 12.8 Å². The van der Waals surface area contributed by atoms with Crippen LogP contribution in [0.15, 0.2) is 24.3 Å². The molecule has 5 nitrogen and oxygen atoms in total. The monoisotopic (exact) mass is 259 g/mol. The van der Waals surface area contributed by atoms with Gasteiger partial charge in [0.1, 0.15) is 19.0 Å². The summed E-state index contributed by atoms with van der Waals surface area (Å²) in [5.74, 6) is 2.36. The summed E-state index contributed by atoms with van der Waals surface area (Å²) in [6.07, 6.45) is 1.78. The van der Waals surface area contributed by atoms with Crippen molar-refractivity contribution in [2.75, 3.05) is 18.9 Å². The van der Waals surface area contributed by atoms with E-state index in [0.29, 0.717) is 19.0 Å². The molecule has 0 atom stereocenters. The smallest absolute Gasteiger partial charge is 0.161 e. The van der Waals surface area contributed by atoms with Crippen LogP contribution in [0.4, 0.5) is 5.82 Å². The number of anilines is 1. The first-order valence-electron chi connectivity index (χ1n) is 6.39. The van der Waals surface area contributed by atoms with Gasteiger partial charge in [0, 0.05) is 13.1 Å². The van der Waals surface area contributed by atoms with Crippen LogP contribution < -0.4 is 15.2 Å². The summed E-state index contributed by atoms with van der Waals surface area (Å²) < 4.78 is 12.8. The zero-order chi connectivity index (χ0) is 13.2. The lowest BCUT2D eigenvalue weighted by Crippen LogP contribution is -2.15. The second kappa shape index (κ2) is 4.84. The molecule has 5 heteroatoms. The van der Waals surface area contributed by atoms with Crippen molar-refractivity contribution in [3.63, 3.8) is 0 Å². The average Bonchev–Trinajstić information content (AvgIpc) is 2.75. The van der Waals surface area contributed by atoms with E-state index in [2.05, 4.69) is 11.2 Å². The van der Waals surface area contributed by atoms with Gasteiger partial charge in [-0.05, 0) is 30.5 Å². The summed E-state index contributed by atoms with van der Waals surface area (Å²) in [4.78, 5) is 0. The van der Waals surface area contributed by atoms with Gasteiger partial charge in [-0.1, -0.05) is 6.07 Å². The molecule has 1 aromatic heterocycles. The molecule has 100 valence electrons. The summed E-state index contributed by atoms with van der Waals surface area (Å²) in [7, 11) is 1.85. The van der Waals surface area contributed by atoms with E-state index in [9.17, 15) is 0 Å². The molecule has 1 aromatic carbocycles. The van der Waals surface area contributed by atoms with Crippen LogP contribution in [-0.2, 0) is 19.9 Å². The largest absolute Gasteiger partial charge is 0.486 e. The molecule has 3 rings (SSSR count). The van der Waals surface area contributed by atoms with Gasteiger partial charge in [0.05, 0.1) is 5.69 Å². The Bertz CT molecular complexity index is 573. The van der Waals surface area contributed by atoms with Crippen molar-refractivity contribution >= 4 is 5.82 Å². The number of aryl methyl sites for hydroxylation is 3. The molecule has 0 saturated carbocycles. The first-order chi connectivity index (χ1) is 9.22. The van der Waals surface area contributed by atoms with E-state index in [0.717, 1.165) is 30.0 Å². The van der Waals surface area contributed by atoms with Crippen LogP contribution in [0.5, 0.6) is 11.5 Å². The summed E-state index contributed by atoms with van der Waals surface area (Å²) in [5, 5.41) is 4.35. The number of ether oxygens (including phenoxy) is 2. The van der Waals surface area contributed by atoms with Gasteiger partial charge in [0.25, 0.3) is 0 Å². The molecule has 0 saturated heterocycles. The number of rotatable bonds is 3. The number of nitrogens with two attached hydrogens (primary N) is 1. The molecule has 0 amide bonds. The van der Waals surface area contributed by atoms with Gasteiger partial charge >= 0.3 is 0 Å². The average molecular weight is 259 g/mol. The Morgan fingerprint density at radius 1 is 1.16 bits per heavy atom. The van der Waals surface area contributed by atoms with E-state index in [1.807, 2.05) is 25.2 Å². The molecule has 0 unspecified atom stereocenters. The van der Waals surface area contributed by atoms with Crippen LogP contribution in [0.25, 0.3) is 0 Å². The zero-order valence-electron chi connectivity index (χ0n) is 10.9. The third-order valence-corrected chi connectivity index (χ3v) is 3.24. The van der Waals surface area contributed by atoms with Gasteiger partial charge in [-0.25, -0.2) is 0 Å². The first kappa shape index (κ1) is 11.9. The maximum absolute atomic E-state index is 5.76. The minimum atomic E-state index is 0.618. The van der Waals surface area contributed by atoms with Gasteiger partial charge < -0.3 is 15.2 Å². The van der Waals surface area contributed by atoms with Crippen LogP contribution >= 0.6 is 0 Å². The van der Waals surface area contributed by atoms with E-state index in [1.54, 1.807) is 4.68 Å². The van der Waals surface area contributed by atoms with E-state index in [4.69, 9.17) is 15.2 Å². The topological polar surface area (TPSA) is 62.3 Å². The number of hydrogen-bond acceptors (Lipinski definition) is 4. The van der Waals surface area contributed by atoms with Crippen molar-refractivity contribution < 1.29 is 9.47 Å². The molecular weight excluding hydrogens is 242 g/mol. The summed E-state index contributed by atoms with van der Waals surface area (Å²) in [6.45, 7) is 1.24. The minimum absolute atomic E-state index is 0.618. The molecule has 1 aliphatic heterocycles. The molecule has 1 aliphatic rings. The Morgan fingerprint density at radius 3 is 2.68 bits per heavy atom. The fraction of sp³-hybridized carbons (Fsp3) is 0.357. The highest BCUT2D eigenvalue weighted by molar-refractivity contribution is 5.44. The second-order valence-electron chi connectivity index (χ2n) is 4.66. The Hall–Kier alpha value is -2.17. The number of hydrogen-bond donors (Lipinski definition) is 1. The highest BCUT2D eigenvalue weighted by Crippen LogP contribution is 2.31. The van der Waals surface area contributed by atoms with Crippen LogP contribution in [0.2, 0.25) is 0 Å². The van der Waals surface area contributed by atoms with Crippen LogP contribution in [-0.4, -0.2) is 23.0 Å². The number of aromatic nitrogens is 2. The number of nitrogen functional groups attached to an aromatic ring is 1. The number of benzene rings is 1. The quantitative estimate of drug-likeness (QED) is 0.908. The van der Waals surface area contributed by atoms with Gasteiger partial charge in [0.2, 0.25) is 0 Å². The van der Waals surface area contributed by atoms with Crippen molar-refractivity contribution in [1.29, 1.82) is 0 Å². The molecule has 2 aromatic rings. The highest BCUT2D eigenvalue weighted by Gasteiger charge is 2.12. The normalized spacial score (nSPS) is 13.5. The van der Waals surface area contributed by atoms with E-state index in [-0.39, 0.29) is 0 Å². The molecule has 19 heavy (non-hydrogen) atoms. The standard InChI is InChI=1S/C14H17N3O2/c1-17-14(15)9-11(16-17)4-2-10-3-5-12-13(8-10)19-7-6-18-12/h3,5,8-9H,2,4,6-7,15H2,1H3. The molecule has 0 spiro atoms. The Labute approximate surface area is 111 Å². The molecule has 0 aliphatic carbocycles. The molecule has 2 heterocycles. The predicted molar refractivity (Wildman–Crippen MR) is 72.5 cm³/mol. The highest BCUT2D eigenvalue weighted by atomic mass is 16.6. The summed E-state index contributed by atoms with van der Waals surface area (Å²) >= 11 is 0. The van der Waals surface area contributed by atoms with Crippen molar-refractivity contribution in [3.05, 3.63) is 35.5 Å². The van der Waals surface area contributed by atoms with E-state index < -0.39 is 0 Å². The molecular formula is C14H17N3O2.